The van der Waals surface area contributed by atoms with E-state index in [2.05, 4.69) is 0 Å². The topological polar surface area (TPSA) is 202 Å². The zero-order chi connectivity index (χ0) is 21.2. The van der Waals surface area contributed by atoms with Gasteiger partial charge in [0.25, 0.3) is 0 Å². The average Bonchev–Trinajstić information content (AvgIpc) is 2.67. The maximum atomic E-state index is 10.4. The lowest BCUT2D eigenvalue weighted by atomic mass is 9.97. The molecule has 0 aromatic rings. The molecule has 2 fully saturated rings. The molecule has 12 heteroatoms. The van der Waals surface area contributed by atoms with E-state index in [1.807, 2.05) is 6.07 Å². The largest absolute Gasteiger partial charge is 0.394 e. The Bertz CT molecular complexity index is 553. The van der Waals surface area contributed by atoms with Crippen molar-refractivity contribution < 1.29 is 54.7 Å². The summed E-state index contributed by atoms with van der Waals surface area (Å²) >= 11 is 0. The molecule has 2 saturated heterocycles. The van der Waals surface area contributed by atoms with E-state index in [4.69, 9.17) is 24.2 Å². The second-order valence-electron chi connectivity index (χ2n) is 7.24. The molecule has 0 amide bonds. The van der Waals surface area contributed by atoms with E-state index >= 15 is 0 Å². The second-order valence-corrected chi connectivity index (χ2v) is 7.24. The van der Waals surface area contributed by atoms with Gasteiger partial charge in [-0.15, -0.1) is 0 Å². The molecule has 7 N–H and O–H groups in total. The van der Waals surface area contributed by atoms with Crippen LogP contribution >= 0.6 is 0 Å². The number of hydrogen-bond donors (Lipinski definition) is 7. The summed E-state index contributed by atoms with van der Waals surface area (Å²) < 4.78 is 21.6. The van der Waals surface area contributed by atoms with Gasteiger partial charge in [-0.1, -0.05) is 0 Å². The lowest BCUT2D eigenvalue weighted by Gasteiger charge is -2.46. The van der Waals surface area contributed by atoms with E-state index in [0.717, 1.165) is 0 Å². The summed E-state index contributed by atoms with van der Waals surface area (Å²) in [4.78, 5) is 0. The number of aliphatic hydroxyl groups excluding tert-OH is 7. The minimum Gasteiger partial charge on any atom is -0.394 e. The van der Waals surface area contributed by atoms with Crippen molar-refractivity contribution >= 4 is 0 Å². The molecule has 0 aromatic carbocycles. The van der Waals surface area contributed by atoms with E-state index in [1.165, 1.54) is 13.8 Å². The molecule has 0 bridgehead atoms. The SMILES string of the molecule is CC(C)(C#N)O[C@@H]1O[C@@H](CO)[C@@H](O)[C@@H](O)[C@@H]1O[C@H]1O[C@@H](CO)[C@@H](O)[C@@H](O)[C@H]1O. The Morgan fingerprint density at radius 3 is 1.82 bits per heavy atom. The number of nitriles is 1. The van der Waals surface area contributed by atoms with Crippen LogP contribution in [0.25, 0.3) is 0 Å². The lowest BCUT2D eigenvalue weighted by molar-refractivity contribution is -0.374. The molecule has 0 unspecified atom stereocenters. The third-order valence-electron chi connectivity index (χ3n) is 4.64. The van der Waals surface area contributed by atoms with Crippen LogP contribution in [0.1, 0.15) is 13.8 Å². The van der Waals surface area contributed by atoms with Gasteiger partial charge in [0.05, 0.1) is 19.3 Å². The zero-order valence-corrected chi connectivity index (χ0v) is 15.4. The minimum atomic E-state index is -1.76. The van der Waals surface area contributed by atoms with E-state index in [9.17, 15) is 35.7 Å². The standard InChI is InChI=1S/C16H27NO11/c1-16(2,5-17)28-15-13(11(23)9(21)7(4-19)26-15)27-14-12(24)10(22)8(20)6(3-18)25-14/h6-15,18-24H,3-4H2,1-2H3/t6-,7-,8+,9+,10+,11+,12+,13-,14+,15-/m0/s1. The number of hydrogen-bond acceptors (Lipinski definition) is 12. The molecule has 28 heavy (non-hydrogen) atoms. The molecular weight excluding hydrogens is 382 g/mol. The molecule has 12 nitrogen and oxygen atoms in total. The first-order chi connectivity index (χ1) is 13.1. The zero-order valence-electron chi connectivity index (χ0n) is 15.4. The van der Waals surface area contributed by atoms with Crippen LogP contribution in [0.5, 0.6) is 0 Å². The van der Waals surface area contributed by atoms with Gasteiger partial charge in [-0.25, -0.2) is 0 Å². The summed E-state index contributed by atoms with van der Waals surface area (Å²) in [5, 5.41) is 78.0. The fraction of sp³-hybridized carbons (Fsp3) is 0.938. The summed E-state index contributed by atoms with van der Waals surface area (Å²) in [6, 6.07) is 1.86. The first-order valence-corrected chi connectivity index (χ1v) is 8.73. The number of ether oxygens (including phenoxy) is 4. The van der Waals surface area contributed by atoms with Gasteiger partial charge in [0.1, 0.15) is 48.8 Å². The molecule has 0 saturated carbocycles. The van der Waals surface area contributed by atoms with Crippen LogP contribution in [0.2, 0.25) is 0 Å². The average molecular weight is 409 g/mol. The van der Waals surface area contributed by atoms with Crippen molar-refractivity contribution in [2.45, 2.75) is 80.9 Å². The molecule has 162 valence electrons. The molecule has 10 atom stereocenters. The molecule has 2 rings (SSSR count). The van der Waals surface area contributed by atoms with Gasteiger partial charge in [0.15, 0.2) is 18.2 Å². The molecule has 2 heterocycles. The first-order valence-electron chi connectivity index (χ1n) is 8.73. The van der Waals surface area contributed by atoms with Crippen LogP contribution in [-0.2, 0) is 18.9 Å². The van der Waals surface area contributed by atoms with Gasteiger partial charge in [-0.05, 0) is 13.8 Å². The van der Waals surface area contributed by atoms with E-state index in [1.54, 1.807) is 0 Å². The molecule has 2 aliphatic heterocycles. The molecule has 0 aromatic heterocycles. The third-order valence-corrected chi connectivity index (χ3v) is 4.64. The van der Waals surface area contributed by atoms with Crippen molar-refractivity contribution in [2.75, 3.05) is 13.2 Å². The van der Waals surface area contributed by atoms with E-state index in [-0.39, 0.29) is 0 Å². The Balaban J connectivity index is 2.24. The molecule has 0 radical (unpaired) electrons. The molecule has 0 aliphatic carbocycles. The minimum absolute atomic E-state index is 0.655. The van der Waals surface area contributed by atoms with Gasteiger partial charge in [0.2, 0.25) is 0 Å². The maximum absolute atomic E-state index is 10.4. The van der Waals surface area contributed by atoms with Crippen molar-refractivity contribution in [3.8, 4) is 6.07 Å². The smallest absolute Gasteiger partial charge is 0.189 e. The Kier molecular flexibility index (Phi) is 7.70. The summed E-state index contributed by atoms with van der Waals surface area (Å²) in [6.45, 7) is 1.47. The second kappa shape index (κ2) is 9.24. The van der Waals surface area contributed by atoms with Crippen molar-refractivity contribution in [1.29, 1.82) is 5.26 Å². The van der Waals surface area contributed by atoms with Gasteiger partial charge >= 0.3 is 0 Å². The Morgan fingerprint density at radius 2 is 1.32 bits per heavy atom. The first kappa shape index (κ1) is 23.3. The van der Waals surface area contributed by atoms with Crippen LogP contribution in [0.4, 0.5) is 0 Å². The molecule has 2 aliphatic rings. The van der Waals surface area contributed by atoms with Crippen LogP contribution in [-0.4, -0.2) is 116 Å². The molecular formula is C16H27NO11. The number of nitrogens with zero attached hydrogens (tertiary/aromatic N) is 1. The third kappa shape index (κ3) is 4.78. The monoisotopic (exact) mass is 409 g/mol. The highest BCUT2D eigenvalue weighted by Gasteiger charge is 2.51. The highest BCUT2D eigenvalue weighted by molar-refractivity contribution is 4.98. The highest BCUT2D eigenvalue weighted by Crippen LogP contribution is 2.31. The predicted molar refractivity (Wildman–Crippen MR) is 87.2 cm³/mol. The van der Waals surface area contributed by atoms with Crippen LogP contribution in [0.3, 0.4) is 0 Å². The quantitative estimate of drug-likeness (QED) is 0.224. The molecule has 0 spiro atoms. The number of aliphatic hydroxyl groups is 7. The van der Waals surface area contributed by atoms with Crippen molar-refractivity contribution in [3.05, 3.63) is 0 Å². The van der Waals surface area contributed by atoms with Crippen LogP contribution in [0, 0.1) is 11.3 Å². The number of rotatable bonds is 6. The maximum Gasteiger partial charge on any atom is 0.189 e. The van der Waals surface area contributed by atoms with E-state index in [0.29, 0.717) is 0 Å². The fourth-order valence-electron chi connectivity index (χ4n) is 2.95. The highest BCUT2D eigenvalue weighted by atomic mass is 16.8. The van der Waals surface area contributed by atoms with Gasteiger partial charge in [-0.2, -0.15) is 5.26 Å². The summed E-state index contributed by atoms with van der Waals surface area (Å²) in [5.41, 5.74) is -1.40. The Labute approximate surface area is 161 Å². The van der Waals surface area contributed by atoms with Crippen molar-refractivity contribution in [2.24, 2.45) is 0 Å². The van der Waals surface area contributed by atoms with Gasteiger partial charge in [0, 0.05) is 0 Å². The summed E-state index contributed by atoms with van der Waals surface area (Å²) in [5.74, 6) is 0. The normalized spacial score (nSPS) is 44.9. The van der Waals surface area contributed by atoms with Crippen molar-refractivity contribution in [3.63, 3.8) is 0 Å². The van der Waals surface area contributed by atoms with Crippen molar-refractivity contribution in [1.82, 2.24) is 0 Å². The summed E-state index contributed by atoms with van der Waals surface area (Å²) in [7, 11) is 0. The Morgan fingerprint density at radius 1 is 0.821 bits per heavy atom. The Hall–Kier alpha value is -0.950. The van der Waals surface area contributed by atoms with E-state index < -0.39 is 80.2 Å². The fourth-order valence-corrected chi connectivity index (χ4v) is 2.95. The van der Waals surface area contributed by atoms with Gasteiger partial charge < -0.3 is 54.7 Å². The predicted octanol–water partition coefficient (Wildman–Crippen LogP) is -4.07. The van der Waals surface area contributed by atoms with Crippen LogP contribution < -0.4 is 0 Å². The van der Waals surface area contributed by atoms with Crippen LogP contribution in [0.15, 0.2) is 0 Å². The summed E-state index contributed by atoms with van der Waals surface area (Å²) in [6.07, 6.45) is -15.5. The lowest BCUT2D eigenvalue weighted by Crippen LogP contribution is -2.65. The van der Waals surface area contributed by atoms with Gasteiger partial charge in [-0.3, -0.25) is 0 Å².